The third-order valence-electron chi connectivity index (χ3n) is 3.84. The molecule has 1 aliphatic carbocycles. The third kappa shape index (κ3) is 3.52. The molecule has 1 aliphatic rings. The van der Waals surface area contributed by atoms with Gasteiger partial charge in [-0.15, -0.1) is 0 Å². The number of hydrogen-bond acceptors (Lipinski definition) is 2. The highest BCUT2D eigenvalue weighted by Crippen LogP contribution is 2.40. The van der Waals surface area contributed by atoms with Crippen molar-refractivity contribution < 1.29 is 9.90 Å². The monoisotopic (exact) mass is 284 g/mol. The average molecular weight is 284 g/mol. The number of hydrogen-bond donors (Lipinski definition) is 2. The van der Waals surface area contributed by atoms with E-state index in [9.17, 15) is 9.90 Å². The van der Waals surface area contributed by atoms with Crippen LogP contribution >= 0.6 is 0 Å². The van der Waals surface area contributed by atoms with Gasteiger partial charge in [-0.3, -0.25) is 4.79 Å². The Balaban J connectivity index is 1.58. The van der Waals surface area contributed by atoms with Gasteiger partial charge in [-0.25, -0.2) is 0 Å². The Morgan fingerprint density at radius 3 is 2.71 bits per heavy atom. The van der Waals surface area contributed by atoms with Crippen molar-refractivity contribution in [1.29, 1.82) is 0 Å². The van der Waals surface area contributed by atoms with Gasteiger partial charge in [-0.1, -0.05) is 17.7 Å². The Kier molecular flexibility index (Phi) is 3.80. The van der Waals surface area contributed by atoms with Gasteiger partial charge in [-0.05, 0) is 49.4 Å². The molecule has 1 fully saturated rings. The van der Waals surface area contributed by atoms with E-state index < -0.39 is 0 Å². The zero-order valence-electron chi connectivity index (χ0n) is 12.1. The number of nitrogens with one attached hydrogen (secondary N) is 1. The third-order valence-corrected chi connectivity index (χ3v) is 3.84. The molecule has 21 heavy (non-hydrogen) atoms. The molecule has 1 aromatic heterocycles. The van der Waals surface area contributed by atoms with E-state index in [4.69, 9.17) is 0 Å². The number of aliphatic hydroxyl groups is 1. The van der Waals surface area contributed by atoms with Crippen LogP contribution in [0.3, 0.4) is 0 Å². The standard InChI is InChI=1S/C17H20N2O2/c1-12-2-6-15(7-3-12)18-16(20)11-19-9-8-14(10-19)17(21)13-4-5-13/h2-3,6-10,13,17,21H,4-5,11H2,1H3,(H,18,20). The number of aliphatic hydroxyl groups excluding tert-OH is 1. The fraction of sp³-hybridized carbons (Fsp3) is 0.353. The van der Waals surface area contributed by atoms with Gasteiger partial charge in [0.15, 0.2) is 0 Å². The van der Waals surface area contributed by atoms with Crippen molar-refractivity contribution in [2.45, 2.75) is 32.4 Å². The van der Waals surface area contributed by atoms with E-state index in [-0.39, 0.29) is 18.6 Å². The van der Waals surface area contributed by atoms with Gasteiger partial charge in [0.1, 0.15) is 6.54 Å². The van der Waals surface area contributed by atoms with E-state index in [2.05, 4.69) is 5.32 Å². The predicted molar refractivity (Wildman–Crippen MR) is 81.9 cm³/mol. The summed E-state index contributed by atoms with van der Waals surface area (Å²) in [6.07, 6.45) is 5.51. The number of anilines is 1. The molecule has 2 aromatic rings. The maximum absolute atomic E-state index is 12.0. The number of rotatable bonds is 5. The maximum atomic E-state index is 12.0. The second-order valence-electron chi connectivity index (χ2n) is 5.81. The van der Waals surface area contributed by atoms with E-state index >= 15 is 0 Å². The quantitative estimate of drug-likeness (QED) is 0.887. The first-order valence-corrected chi connectivity index (χ1v) is 7.32. The Morgan fingerprint density at radius 1 is 1.33 bits per heavy atom. The van der Waals surface area contributed by atoms with Crippen molar-refractivity contribution in [2.75, 3.05) is 5.32 Å². The van der Waals surface area contributed by atoms with Crippen molar-refractivity contribution >= 4 is 11.6 Å². The van der Waals surface area contributed by atoms with Crippen LogP contribution in [0.2, 0.25) is 0 Å². The second-order valence-corrected chi connectivity index (χ2v) is 5.81. The number of aryl methyl sites for hydroxylation is 1. The molecule has 0 radical (unpaired) electrons. The Hall–Kier alpha value is -2.07. The Morgan fingerprint density at radius 2 is 2.05 bits per heavy atom. The SMILES string of the molecule is Cc1ccc(NC(=O)Cn2ccc(C(O)C3CC3)c2)cc1. The smallest absolute Gasteiger partial charge is 0.244 e. The number of amides is 1. The van der Waals surface area contributed by atoms with Gasteiger partial charge in [-0.2, -0.15) is 0 Å². The molecule has 1 saturated carbocycles. The van der Waals surface area contributed by atoms with Crippen LogP contribution in [0.5, 0.6) is 0 Å². The lowest BCUT2D eigenvalue weighted by molar-refractivity contribution is -0.116. The molecule has 4 nitrogen and oxygen atoms in total. The summed E-state index contributed by atoms with van der Waals surface area (Å²) in [4.78, 5) is 12.0. The lowest BCUT2D eigenvalue weighted by Gasteiger charge is -2.07. The molecule has 4 heteroatoms. The van der Waals surface area contributed by atoms with Gasteiger partial charge >= 0.3 is 0 Å². The lowest BCUT2D eigenvalue weighted by Crippen LogP contribution is -2.17. The zero-order chi connectivity index (χ0) is 14.8. The fourth-order valence-electron chi connectivity index (χ4n) is 2.42. The Bertz CT molecular complexity index is 626. The van der Waals surface area contributed by atoms with Gasteiger partial charge in [0.05, 0.1) is 6.10 Å². The van der Waals surface area contributed by atoms with Gasteiger partial charge in [0.25, 0.3) is 0 Å². The van der Waals surface area contributed by atoms with Crippen LogP contribution in [-0.4, -0.2) is 15.6 Å². The highest BCUT2D eigenvalue weighted by atomic mass is 16.3. The number of benzene rings is 1. The highest BCUT2D eigenvalue weighted by Gasteiger charge is 2.31. The molecule has 1 atom stereocenters. The topological polar surface area (TPSA) is 54.3 Å². The molecular weight excluding hydrogens is 264 g/mol. The highest BCUT2D eigenvalue weighted by molar-refractivity contribution is 5.90. The maximum Gasteiger partial charge on any atom is 0.244 e. The summed E-state index contributed by atoms with van der Waals surface area (Å²) < 4.78 is 1.81. The molecule has 3 rings (SSSR count). The predicted octanol–water partition coefficient (Wildman–Crippen LogP) is 2.88. The molecule has 1 unspecified atom stereocenters. The van der Waals surface area contributed by atoms with Gasteiger partial charge in [0.2, 0.25) is 5.91 Å². The molecule has 110 valence electrons. The minimum atomic E-state index is -0.383. The first-order chi connectivity index (χ1) is 10.1. The molecule has 2 N–H and O–H groups in total. The summed E-state index contributed by atoms with van der Waals surface area (Å²) in [6, 6.07) is 9.61. The molecule has 0 spiro atoms. The molecular formula is C17H20N2O2. The van der Waals surface area contributed by atoms with E-state index in [0.717, 1.165) is 29.7 Å². The molecule has 0 bridgehead atoms. The minimum absolute atomic E-state index is 0.0677. The van der Waals surface area contributed by atoms with Gasteiger partial charge in [0, 0.05) is 18.1 Å². The minimum Gasteiger partial charge on any atom is -0.388 e. The molecule has 1 aromatic carbocycles. The van der Waals surface area contributed by atoms with Crippen LogP contribution in [0.25, 0.3) is 0 Å². The lowest BCUT2D eigenvalue weighted by atomic mass is 10.1. The summed E-state index contributed by atoms with van der Waals surface area (Å²) in [5, 5.41) is 12.9. The first kappa shape index (κ1) is 13.9. The number of carbonyl (C=O) groups excluding carboxylic acids is 1. The van der Waals surface area contributed by atoms with Crippen molar-refractivity contribution in [1.82, 2.24) is 4.57 Å². The van der Waals surface area contributed by atoms with Crippen LogP contribution in [0.1, 0.15) is 30.1 Å². The largest absolute Gasteiger partial charge is 0.388 e. The normalized spacial score (nSPS) is 15.7. The average Bonchev–Trinajstić information content (AvgIpc) is 3.21. The van der Waals surface area contributed by atoms with Crippen LogP contribution in [0.4, 0.5) is 5.69 Å². The van der Waals surface area contributed by atoms with Crippen LogP contribution in [0.15, 0.2) is 42.7 Å². The summed E-state index contributed by atoms with van der Waals surface area (Å²) in [6.45, 7) is 2.27. The first-order valence-electron chi connectivity index (χ1n) is 7.32. The summed E-state index contributed by atoms with van der Waals surface area (Å²) >= 11 is 0. The molecule has 1 heterocycles. The van der Waals surface area contributed by atoms with E-state index in [0.29, 0.717) is 5.92 Å². The van der Waals surface area contributed by atoms with Gasteiger partial charge < -0.3 is 15.0 Å². The second kappa shape index (κ2) is 5.74. The summed E-state index contributed by atoms with van der Waals surface area (Å²) in [5.41, 5.74) is 2.87. The number of carbonyl (C=O) groups is 1. The molecule has 0 saturated heterocycles. The van der Waals surface area contributed by atoms with Crippen molar-refractivity contribution in [3.8, 4) is 0 Å². The van der Waals surface area contributed by atoms with E-state index in [1.54, 1.807) is 0 Å². The molecule has 0 aliphatic heterocycles. The van der Waals surface area contributed by atoms with Crippen molar-refractivity contribution in [2.24, 2.45) is 5.92 Å². The van der Waals surface area contributed by atoms with E-state index in [1.165, 1.54) is 0 Å². The van der Waals surface area contributed by atoms with E-state index in [1.807, 2.05) is 54.2 Å². The number of nitrogens with zero attached hydrogens (tertiary/aromatic N) is 1. The van der Waals surface area contributed by atoms with Crippen LogP contribution in [-0.2, 0) is 11.3 Å². The summed E-state index contributed by atoms with van der Waals surface area (Å²) in [5.74, 6) is 0.337. The van der Waals surface area contributed by atoms with Crippen molar-refractivity contribution in [3.63, 3.8) is 0 Å². The summed E-state index contributed by atoms with van der Waals surface area (Å²) in [7, 11) is 0. The number of aromatic nitrogens is 1. The zero-order valence-corrected chi connectivity index (χ0v) is 12.1. The molecule has 1 amide bonds. The van der Waals surface area contributed by atoms with Crippen LogP contribution in [0, 0.1) is 12.8 Å². The van der Waals surface area contributed by atoms with Crippen molar-refractivity contribution in [3.05, 3.63) is 53.9 Å². The fourth-order valence-corrected chi connectivity index (χ4v) is 2.42. The van der Waals surface area contributed by atoms with Crippen LogP contribution < -0.4 is 5.32 Å². The Labute approximate surface area is 124 Å².